The first-order valence-electron chi connectivity index (χ1n) is 8.43. The number of nitrogens with zero attached hydrogens (tertiary/aromatic N) is 2. The van der Waals surface area contributed by atoms with E-state index in [0.717, 1.165) is 48.8 Å². The van der Waals surface area contributed by atoms with Gasteiger partial charge in [-0.1, -0.05) is 18.6 Å². The van der Waals surface area contributed by atoms with Crippen LogP contribution in [0.1, 0.15) is 31.2 Å². The van der Waals surface area contributed by atoms with Gasteiger partial charge in [-0.2, -0.15) is 5.10 Å². The second kappa shape index (κ2) is 9.36. The zero-order chi connectivity index (χ0) is 16.9. The molecule has 0 saturated heterocycles. The van der Waals surface area contributed by atoms with Gasteiger partial charge in [-0.15, -0.1) is 12.4 Å². The van der Waals surface area contributed by atoms with Crippen LogP contribution in [-0.4, -0.2) is 21.7 Å². The van der Waals surface area contributed by atoms with Crippen molar-refractivity contribution in [2.75, 3.05) is 5.32 Å². The Kier molecular flexibility index (Phi) is 7.47. The first-order valence-corrected chi connectivity index (χ1v) is 9.23. The third-order valence-electron chi connectivity index (χ3n) is 4.54. The number of nitrogens with two attached hydrogens (primary N) is 1. The molecule has 2 unspecified atom stereocenters. The van der Waals surface area contributed by atoms with Crippen molar-refractivity contribution in [3.8, 4) is 0 Å². The predicted octanol–water partition coefficient (Wildman–Crippen LogP) is 3.77. The molecular weight excluding hydrogens is 404 g/mol. The number of anilines is 1. The lowest BCUT2D eigenvalue weighted by atomic mass is 9.85. The summed E-state index contributed by atoms with van der Waals surface area (Å²) >= 11 is 3.40. The van der Waals surface area contributed by atoms with Gasteiger partial charge in [-0.05, 0) is 59.3 Å². The molecule has 2 atom stereocenters. The summed E-state index contributed by atoms with van der Waals surface area (Å²) in [4.78, 5) is 12.3. The van der Waals surface area contributed by atoms with E-state index in [1.165, 1.54) is 5.56 Å². The molecule has 0 aliphatic heterocycles. The van der Waals surface area contributed by atoms with E-state index in [9.17, 15) is 4.79 Å². The zero-order valence-corrected chi connectivity index (χ0v) is 16.4. The van der Waals surface area contributed by atoms with Gasteiger partial charge in [0.2, 0.25) is 5.91 Å². The maximum atomic E-state index is 12.3. The van der Waals surface area contributed by atoms with Crippen molar-refractivity contribution in [1.29, 1.82) is 0 Å². The summed E-state index contributed by atoms with van der Waals surface area (Å²) in [7, 11) is 0. The number of halogens is 2. The molecule has 1 aliphatic rings. The number of aryl methyl sites for hydroxylation is 2. The lowest BCUT2D eigenvalue weighted by Gasteiger charge is -2.25. The Morgan fingerprint density at radius 3 is 2.72 bits per heavy atom. The Balaban J connectivity index is 0.00000225. The van der Waals surface area contributed by atoms with Crippen molar-refractivity contribution in [1.82, 2.24) is 9.78 Å². The van der Waals surface area contributed by atoms with Gasteiger partial charge in [0.1, 0.15) is 0 Å². The molecule has 7 heteroatoms. The van der Waals surface area contributed by atoms with Crippen LogP contribution in [0.25, 0.3) is 0 Å². The largest absolute Gasteiger partial charge is 0.328 e. The number of carbonyl (C=O) groups excluding carboxylic acids is 1. The summed E-state index contributed by atoms with van der Waals surface area (Å²) in [6.07, 6.45) is 8.46. The smallest absolute Gasteiger partial charge is 0.227 e. The Bertz CT molecular complexity index is 689. The second-order valence-corrected chi connectivity index (χ2v) is 7.40. The number of amides is 1. The second-order valence-electron chi connectivity index (χ2n) is 6.48. The average Bonchev–Trinajstić information content (AvgIpc) is 3.00. The van der Waals surface area contributed by atoms with Gasteiger partial charge >= 0.3 is 0 Å². The first-order chi connectivity index (χ1) is 11.6. The van der Waals surface area contributed by atoms with E-state index in [0.29, 0.717) is 0 Å². The summed E-state index contributed by atoms with van der Waals surface area (Å²) < 4.78 is 2.90. The minimum absolute atomic E-state index is 0. The summed E-state index contributed by atoms with van der Waals surface area (Å²) in [5.74, 6) is 0.144. The number of carbonyl (C=O) groups is 1. The molecule has 5 nitrogen and oxygen atoms in total. The summed E-state index contributed by atoms with van der Waals surface area (Å²) in [6, 6.07) is 8.21. The van der Waals surface area contributed by atoms with E-state index < -0.39 is 0 Å². The minimum atomic E-state index is 0. The van der Waals surface area contributed by atoms with Crippen LogP contribution < -0.4 is 11.1 Å². The number of rotatable bonds is 5. The lowest BCUT2D eigenvalue weighted by Crippen LogP contribution is -2.34. The van der Waals surface area contributed by atoms with Crippen molar-refractivity contribution < 1.29 is 4.79 Å². The maximum absolute atomic E-state index is 12.3. The van der Waals surface area contributed by atoms with Crippen molar-refractivity contribution in [2.45, 2.75) is 44.7 Å². The van der Waals surface area contributed by atoms with E-state index in [1.54, 1.807) is 6.20 Å². The molecule has 3 rings (SSSR count). The van der Waals surface area contributed by atoms with Crippen LogP contribution in [0.2, 0.25) is 0 Å². The fraction of sp³-hybridized carbons (Fsp3) is 0.444. The normalized spacial score (nSPS) is 19.9. The van der Waals surface area contributed by atoms with Crippen LogP contribution in [0.4, 0.5) is 5.69 Å². The van der Waals surface area contributed by atoms with Crippen molar-refractivity contribution in [3.05, 3.63) is 46.7 Å². The molecule has 1 fully saturated rings. The molecule has 0 bridgehead atoms. The van der Waals surface area contributed by atoms with Gasteiger partial charge < -0.3 is 11.1 Å². The molecular formula is C18H24BrClN4O. The molecule has 3 N–H and O–H groups in total. The molecule has 136 valence electrons. The molecule has 25 heavy (non-hydrogen) atoms. The van der Waals surface area contributed by atoms with Gasteiger partial charge in [0, 0.05) is 30.4 Å². The van der Waals surface area contributed by atoms with Crippen molar-refractivity contribution >= 4 is 39.9 Å². The standard InChI is InChI=1S/C18H23BrN4O.ClH/c19-15-11-21-23(12-15)9-8-13-4-6-17(7-5-13)22-18(24)14-2-1-3-16(20)10-14;/h4-7,11-12,14,16H,1-3,8-10,20H2,(H,22,24);1H. The van der Waals surface area contributed by atoms with E-state index in [1.807, 2.05) is 23.0 Å². The van der Waals surface area contributed by atoms with Crippen molar-refractivity contribution in [3.63, 3.8) is 0 Å². The minimum Gasteiger partial charge on any atom is -0.328 e. The molecule has 1 aromatic heterocycles. The van der Waals surface area contributed by atoms with Crippen LogP contribution in [-0.2, 0) is 17.8 Å². The fourth-order valence-electron chi connectivity index (χ4n) is 3.17. The Morgan fingerprint density at radius 1 is 1.32 bits per heavy atom. The molecule has 1 aromatic carbocycles. The van der Waals surface area contributed by atoms with Crippen LogP contribution in [0.5, 0.6) is 0 Å². The average molecular weight is 428 g/mol. The number of benzene rings is 1. The monoisotopic (exact) mass is 426 g/mol. The molecule has 1 aliphatic carbocycles. The Morgan fingerprint density at radius 2 is 2.08 bits per heavy atom. The molecule has 1 amide bonds. The van der Waals surface area contributed by atoms with Gasteiger partial charge in [-0.25, -0.2) is 0 Å². The molecule has 0 spiro atoms. The summed E-state index contributed by atoms with van der Waals surface area (Å²) in [5.41, 5.74) is 8.04. The summed E-state index contributed by atoms with van der Waals surface area (Å²) in [6.45, 7) is 0.831. The third kappa shape index (κ3) is 5.83. The SMILES string of the molecule is Cl.NC1CCCC(C(=O)Nc2ccc(CCn3cc(Br)cn3)cc2)C1. The highest BCUT2D eigenvalue weighted by atomic mass is 79.9. The Labute approximate surface area is 162 Å². The Hall–Kier alpha value is -1.37. The van der Waals surface area contributed by atoms with E-state index in [-0.39, 0.29) is 30.3 Å². The van der Waals surface area contributed by atoms with Gasteiger partial charge in [0.25, 0.3) is 0 Å². The highest BCUT2D eigenvalue weighted by Gasteiger charge is 2.25. The number of hydrogen-bond donors (Lipinski definition) is 2. The van der Waals surface area contributed by atoms with Gasteiger partial charge in [0.15, 0.2) is 0 Å². The fourth-order valence-corrected chi connectivity index (χ4v) is 3.50. The van der Waals surface area contributed by atoms with Crippen LogP contribution in [0, 0.1) is 5.92 Å². The maximum Gasteiger partial charge on any atom is 0.227 e. The van der Waals surface area contributed by atoms with Crippen molar-refractivity contribution in [2.24, 2.45) is 11.7 Å². The predicted molar refractivity (Wildman–Crippen MR) is 106 cm³/mol. The molecule has 1 heterocycles. The quantitative estimate of drug-likeness (QED) is 0.763. The number of nitrogens with one attached hydrogen (secondary N) is 1. The topological polar surface area (TPSA) is 72.9 Å². The van der Waals surface area contributed by atoms with Crippen LogP contribution in [0.15, 0.2) is 41.1 Å². The van der Waals surface area contributed by atoms with Crippen LogP contribution >= 0.6 is 28.3 Å². The van der Waals surface area contributed by atoms with Crippen LogP contribution in [0.3, 0.4) is 0 Å². The van der Waals surface area contributed by atoms with E-state index in [4.69, 9.17) is 5.73 Å². The highest BCUT2D eigenvalue weighted by molar-refractivity contribution is 9.10. The molecule has 2 aromatic rings. The number of hydrogen-bond acceptors (Lipinski definition) is 3. The third-order valence-corrected chi connectivity index (χ3v) is 4.95. The van der Waals surface area contributed by atoms with E-state index in [2.05, 4.69) is 38.5 Å². The molecule has 0 radical (unpaired) electrons. The lowest BCUT2D eigenvalue weighted by molar-refractivity contribution is -0.120. The van der Waals surface area contributed by atoms with Gasteiger partial charge in [0.05, 0.1) is 10.7 Å². The van der Waals surface area contributed by atoms with Gasteiger partial charge in [-0.3, -0.25) is 9.48 Å². The number of aromatic nitrogens is 2. The highest BCUT2D eigenvalue weighted by Crippen LogP contribution is 2.24. The van der Waals surface area contributed by atoms with E-state index >= 15 is 0 Å². The zero-order valence-electron chi connectivity index (χ0n) is 14.0. The first kappa shape index (κ1) is 19.9. The molecule has 1 saturated carbocycles. The summed E-state index contributed by atoms with van der Waals surface area (Å²) in [5, 5.41) is 7.27.